The molecule has 3 nitrogen and oxygen atoms in total. The zero-order valence-electron chi connectivity index (χ0n) is 12.1. The Bertz CT molecular complexity index is 575. The van der Waals surface area contributed by atoms with Crippen LogP contribution in [0.25, 0.3) is 6.08 Å². The Morgan fingerprint density at radius 3 is 2.60 bits per heavy atom. The van der Waals surface area contributed by atoms with Gasteiger partial charge < -0.3 is 4.90 Å². The number of hydrogen-bond donors (Lipinski definition) is 0. The third kappa shape index (κ3) is 3.27. The van der Waals surface area contributed by atoms with Crippen LogP contribution >= 0.6 is 0 Å². The molecule has 2 rings (SSSR count). The number of rotatable bonds is 2. The van der Waals surface area contributed by atoms with Crippen LogP contribution in [-0.2, 0) is 4.79 Å². The predicted molar refractivity (Wildman–Crippen MR) is 79.9 cm³/mol. The number of benzene rings is 1. The summed E-state index contributed by atoms with van der Waals surface area (Å²) in [6.45, 7) is 5.54. The monoisotopic (exact) mass is 268 g/mol. The molecule has 0 N–H and O–H groups in total. The van der Waals surface area contributed by atoms with Crippen LogP contribution in [-0.4, -0.2) is 23.9 Å². The molecule has 0 bridgehead atoms. The first-order valence-electron chi connectivity index (χ1n) is 7.10. The molecule has 0 unspecified atom stereocenters. The molecular weight excluding hydrogens is 248 g/mol. The fraction of sp³-hybridized carbons (Fsp3) is 0.412. The highest BCUT2D eigenvalue weighted by Crippen LogP contribution is 2.17. The highest BCUT2D eigenvalue weighted by atomic mass is 16.2. The molecular formula is C17H20N2O. The van der Waals surface area contributed by atoms with Crippen molar-refractivity contribution in [3.8, 4) is 6.07 Å². The van der Waals surface area contributed by atoms with E-state index >= 15 is 0 Å². The number of carbonyl (C=O) groups excluding carboxylic acids is 1. The van der Waals surface area contributed by atoms with Gasteiger partial charge in [-0.05, 0) is 50.3 Å². The molecule has 1 aliphatic rings. The maximum Gasteiger partial charge on any atom is 0.264 e. The number of likely N-dealkylation sites (tertiary alicyclic amines) is 1. The average molecular weight is 268 g/mol. The van der Waals surface area contributed by atoms with Gasteiger partial charge in [0.15, 0.2) is 0 Å². The van der Waals surface area contributed by atoms with E-state index in [2.05, 4.69) is 6.07 Å². The Hall–Kier alpha value is -2.08. The molecule has 0 radical (unpaired) electrons. The Morgan fingerprint density at radius 1 is 1.25 bits per heavy atom. The number of amides is 1. The zero-order chi connectivity index (χ0) is 14.5. The number of hydrogen-bond acceptors (Lipinski definition) is 2. The Labute approximate surface area is 120 Å². The van der Waals surface area contributed by atoms with Gasteiger partial charge in [-0.15, -0.1) is 0 Å². The molecule has 104 valence electrons. The number of nitriles is 1. The molecule has 0 atom stereocenters. The van der Waals surface area contributed by atoms with Crippen LogP contribution in [0.15, 0.2) is 23.8 Å². The van der Waals surface area contributed by atoms with Gasteiger partial charge in [-0.2, -0.15) is 5.26 Å². The zero-order valence-corrected chi connectivity index (χ0v) is 12.1. The third-order valence-electron chi connectivity index (χ3n) is 3.73. The van der Waals surface area contributed by atoms with Crippen LogP contribution in [0.3, 0.4) is 0 Å². The van der Waals surface area contributed by atoms with Crippen molar-refractivity contribution in [3.05, 3.63) is 40.5 Å². The standard InChI is InChI=1S/C17H20N2O/c1-13-6-7-14(2)15(10-13)11-16(12-18)17(20)19-8-4-3-5-9-19/h6-7,10-11H,3-5,8-9H2,1-2H3/b16-11+. The lowest BCUT2D eigenvalue weighted by Gasteiger charge is -2.26. The molecule has 3 heteroatoms. The first-order valence-corrected chi connectivity index (χ1v) is 7.10. The van der Waals surface area contributed by atoms with Gasteiger partial charge in [0.2, 0.25) is 0 Å². The number of nitrogens with zero attached hydrogens (tertiary/aromatic N) is 2. The molecule has 20 heavy (non-hydrogen) atoms. The normalized spacial score (nSPS) is 15.8. The van der Waals surface area contributed by atoms with Crippen molar-refractivity contribution in [1.82, 2.24) is 4.90 Å². The van der Waals surface area contributed by atoms with Gasteiger partial charge in [-0.1, -0.05) is 23.8 Å². The SMILES string of the molecule is Cc1ccc(C)c(/C=C(\C#N)C(=O)N2CCCCC2)c1. The van der Waals surface area contributed by atoms with Crippen LogP contribution in [0.2, 0.25) is 0 Å². The minimum Gasteiger partial charge on any atom is -0.338 e. The topological polar surface area (TPSA) is 44.1 Å². The Morgan fingerprint density at radius 2 is 1.95 bits per heavy atom. The molecule has 0 spiro atoms. The van der Waals surface area contributed by atoms with Crippen LogP contribution in [0.1, 0.15) is 36.0 Å². The van der Waals surface area contributed by atoms with Crippen molar-refractivity contribution in [3.63, 3.8) is 0 Å². The van der Waals surface area contributed by atoms with Gasteiger partial charge in [0.25, 0.3) is 5.91 Å². The van der Waals surface area contributed by atoms with Crippen LogP contribution < -0.4 is 0 Å². The molecule has 1 aromatic carbocycles. The Kier molecular flexibility index (Phi) is 4.57. The molecule has 0 saturated carbocycles. The lowest BCUT2D eigenvalue weighted by atomic mass is 10.0. The number of carbonyl (C=O) groups is 1. The second-order valence-corrected chi connectivity index (χ2v) is 5.38. The van der Waals surface area contributed by atoms with Gasteiger partial charge >= 0.3 is 0 Å². The molecule has 1 saturated heterocycles. The van der Waals surface area contributed by atoms with E-state index in [1.807, 2.05) is 32.0 Å². The summed E-state index contributed by atoms with van der Waals surface area (Å²) >= 11 is 0. The lowest BCUT2D eigenvalue weighted by molar-refractivity contribution is -0.127. The van der Waals surface area contributed by atoms with Crippen molar-refractivity contribution >= 4 is 12.0 Å². The maximum absolute atomic E-state index is 12.4. The Balaban J connectivity index is 2.27. The summed E-state index contributed by atoms with van der Waals surface area (Å²) in [7, 11) is 0. The minimum atomic E-state index is -0.131. The third-order valence-corrected chi connectivity index (χ3v) is 3.73. The summed E-state index contributed by atoms with van der Waals surface area (Å²) in [5.74, 6) is -0.131. The van der Waals surface area contributed by atoms with E-state index < -0.39 is 0 Å². The van der Waals surface area contributed by atoms with Crippen molar-refractivity contribution in [2.75, 3.05) is 13.1 Å². The fourth-order valence-electron chi connectivity index (χ4n) is 2.48. The second kappa shape index (κ2) is 6.38. The van der Waals surface area contributed by atoms with Crippen LogP contribution in [0.5, 0.6) is 0 Å². The summed E-state index contributed by atoms with van der Waals surface area (Å²) in [6, 6.07) is 8.12. The molecule has 0 aliphatic carbocycles. The van der Waals surface area contributed by atoms with E-state index in [-0.39, 0.29) is 11.5 Å². The molecule has 1 amide bonds. The average Bonchev–Trinajstić information content (AvgIpc) is 2.48. The molecule has 1 aliphatic heterocycles. The van der Waals surface area contributed by atoms with E-state index in [0.29, 0.717) is 0 Å². The highest BCUT2D eigenvalue weighted by Gasteiger charge is 2.20. The number of piperidine rings is 1. The van der Waals surface area contributed by atoms with Gasteiger partial charge in [0, 0.05) is 13.1 Å². The summed E-state index contributed by atoms with van der Waals surface area (Å²) in [6.07, 6.45) is 4.97. The summed E-state index contributed by atoms with van der Waals surface area (Å²) in [5.41, 5.74) is 3.40. The van der Waals surface area contributed by atoms with E-state index in [1.54, 1.807) is 11.0 Å². The van der Waals surface area contributed by atoms with E-state index in [1.165, 1.54) is 6.42 Å². The fourth-order valence-corrected chi connectivity index (χ4v) is 2.48. The summed E-state index contributed by atoms with van der Waals surface area (Å²) < 4.78 is 0. The van der Waals surface area contributed by atoms with Gasteiger partial charge in [0.05, 0.1) is 0 Å². The van der Waals surface area contributed by atoms with Crippen LogP contribution in [0.4, 0.5) is 0 Å². The summed E-state index contributed by atoms with van der Waals surface area (Å²) in [4.78, 5) is 14.2. The predicted octanol–water partition coefficient (Wildman–Crippen LogP) is 3.22. The van der Waals surface area contributed by atoms with Crippen molar-refractivity contribution in [2.24, 2.45) is 0 Å². The van der Waals surface area contributed by atoms with Crippen molar-refractivity contribution in [1.29, 1.82) is 5.26 Å². The van der Waals surface area contributed by atoms with Crippen molar-refractivity contribution in [2.45, 2.75) is 33.1 Å². The van der Waals surface area contributed by atoms with Crippen LogP contribution in [0, 0.1) is 25.2 Å². The van der Waals surface area contributed by atoms with Gasteiger partial charge in [-0.25, -0.2) is 0 Å². The lowest BCUT2D eigenvalue weighted by Crippen LogP contribution is -2.36. The number of aryl methyl sites for hydroxylation is 2. The summed E-state index contributed by atoms with van der Waals surface area (Å²) in [5, 5.41) is 9.28. The maximum atomic E-state index is 12.4. The largest absolute Gasteiger partial charge is 0.338 e. The molecule has 1 aromatic rings. The van der Waals surface area contributed by atoms with Crippen molar-refractivity contribution < 1.29 is 4.79 Å². The minimum absolute atomic E-state index is 0.131. The first-order chi connectivity index (χ1) is 9.61. The van der Waals surface area contributed by atoms with E-state index in [0.717, 1.165) is 42.6 Å². The van der Waals surface area contributed by atoms with Gasteiger partial charge in [-0.3, -0.25) is 4.79 Å². The highest BCUT2D eigenvalue weighted by molar-refractivity contribution is 6.01. The van der Waals surface area contributed by atoms with E-state index in [4.69, 9.17) is 0 Å². The smallest absolute Gasteiger partial charge is 0.264 e. The molecule has 1 fully saturated rings. The molecule has 0 aromatic heterocycles. The van der Waals surface area contributed by atoms with E-state index in [9.17, 15) is 10.1 Å². The molecule has 1 heterocycles. The first kappa shape index (κ1) is 14.3. The second-order valence-electron chi connectivity index (χ2n) is 5.38. The quantitative estimate of drug-likeness (QED) is 0.610. The van der Waals surface area contributed by atoms with Gasteiger partial charge in [0.1, 0.15) is 11.6 Å².